The number of thioether (sulfide) groups is 1. The van der Waals surface area contributed by atoms with E-state index in [-0.39, 0.29) is 27.3 Å². The standard InChI is InChI=1S/C20H22ClN5O4S2/c1-5-9-26-19(15-8-10-30-13(15)2)23-24-20(26)31-12-18(27)22-17-11-14(6-7-16(17)21)32(28,29)25(3)4/h5-8,10-11H,1,9,12H2,2-4H3,(H,22,27). The molecule has 0 spiro atoms. The minimum atomic E-state index is -3.66. The Hall–Kier alpha value is -2.60. The zero-order valence-electron chi connectivity index (χ0n) is 17.7. The second-order valence-corrected chi connectivity index (χ2v) is 10.4. The summed E-state index contributed by atoms with van der Waals surface area (Å²) in [4.78, 5) is 12.6. The molecule has 0 fully saturated rings. The normalized spacial score (nSPS) is 11.7. The highest BCUT2D eigenvalue weighted by atomic mass is 35.5. The Balaban J connectivity index is 1.75. The molecule has 32 heavy (non-hydrogen) atoms. The Morgan fingerprint density at radius 2 is 2.09 bits per heavy atom. The van der Waals surface area contributed by atoms with Gasteiger partial charge in [-0.2, -0.15) is 0 Å². The highest BCUT2D eigenvalue weighted by molar-refractivity contribution is 7.99. The van der Waals surface area contributed by atoms with Gasteiger partial charge in [0, 0.05) is 20.6 Å². The van der Waals surface area contributed by atoms with Gasteiger partial charge in [0.1, 0.15) is 5.76 Å². The summed E-state index contributed by atoms with van der Waals surface area (Å²) in [5.74, 6) is 0.967. The maximum absolute atomic E-state index is 12.5. The fourth-order valence-corrected chi connectivity index (χ4v) is 4.63. The number of aromatic nitrogens is 3. The van der Waals surface area contributed by atoms with Crippen molar-refractivity contribution in [1.82, 2.24) is 19.1 Å². The molecule has 2 heterocycles. The lowest BCUT2D eigenvalue weighted by atomic mass is 10.2. The summed E-state index contributed by atoms with van der Waals surface area (Å²) in [5, 5.41) is 11.8. The summed E-state index contributed by atoms with van der Waals surface area (Å²) in [5.41, 5.74) is 1.02. The third-order valence-corrected chi connectivity index (χ3v) is 7.56. The number of hydrogen-bond donors (Lipinski definition) is 1. The van der Waals surface area contributed by atoms with Crippen molar-refractivity contribution in [2.75, 3.05) is 25.2 Å². The van der Waals surface area contributed by atoms with E-state index in [1.54, 1.807) is 18.4 Å². The zero-order chi connectivity index (χ0) is 23.5. The summed E-state index contributed by atoms with van der Waals surface area (Å²) in [6.07, 6.45) is 3.29. The van der Waals surface area contributed by atoms with Gasteiger partial charge in [0.15, 0.2) is 11.0 Å². The Morgan fingerprint density at radius 3 is 2.72 bits per heavy atom. The van der Waals surface area contributed by atoms with Crippen LogP contribution in [0.3, 0.4) is 0 Å². The van der Waals surface area contributed by atoms with E-state index in [9.17, 15) is 13.2 Å². The van der Waals surface area contributed by atoms with Crippen molar-refractivity contribution in [3.8, 4) is 11.4 Å². The molecule has 1 amide bonds. The number of nitrogens with zero attached hydrogens (tertiary/aromatic N) is 4. The predicted molar refractivity (Wildman–Crippen MR) is 124 cm³/mol. The number of carbonyl (C=O) groups excluding carboxylic acids is 1. The van der Waals surface area contributed by atoms with Gasteiger partial charge in [-0.05, 0) is 31.2 Å². The van der Waals surface area contributed by atoms with E-state index in [1.165, 1.54) is 44.1 Å². The number of benzene rings is 1. The van der Waals surface area contributed by atoms with Crippen LogP contribution >= 0.6 is 23.4 Å². The molecule has 12 heteroatoms. The first-order valence-corrected chi connectivity index (χ1v) is 12.2. The van der Waals surface area contributed by atoms with Gasteiger partial charge in [-0.15, -0.1) is 16.8 Å². The third kappa shape index (κ3) is 5.07. The largest absolute Gasteiger partial charge is 0.469 e. The molecule has 0 aliphatic carbocycles. The Kier molecular flexibility index (Phi) is 7.44. The van der Waals surface area contributed by atoms with Crippen molar-refractivity contribution in [3.63, 3.8) is 0 Å². The molecule has 0 aliphatic heterocycles. The van der Waals surface area contributed by atoms with Crippen LogP contribution in [0.1, 0.15) is 5.76 Å². The first-order chi connectivity index (χ1) is 15.1. The van der Waals surface area contributed by atoms with Gasteiger partial charge >= 0.3 is 0 Å². The maximum atomic E-state index is 12.5. The monoisotopic (exact) mass is 495 g/mol. The van der Waals surface area contributed by atoms with Gasteiger partial charge in [-0.1, -0.05) is 29.4 Å². The number of carbonyl (C=O) groups is 1. The van der Waals surface area contributed by atoms with Crippen LogP contribution < -0.4 is 5.32 Å². The number of sulfonamides is 1. The molecule has 2 aromatic heterocycles. The number of rotatable bonds is 9. The molecular weight excluding hydrogens is 474 g/mol. The minimum Gasteiger partial charge on any atom is -0.469 e. The quantitative estimate of drug-likeness (QED) is 0.356. The SMILES string of the molecule is C=CCn1c(SCC(=O)Nc2cc(S(=O)(=O)N(C)C)ccc2Cl)nnc1-c1ccoc1C. The topological polar surface area (TPSA) is 110 Å². The van der Waals surface area contributed by atoms with Crippen molar-refractivity contribution in [2.45, 2.75) is 23.5 Å². The summed E-state index contributed by atoms with van der Waals surface area (Å²) >= 11 is 7.34. The summed E-state index contributed by atoms with van der Waals surface area (Å²) in [7, 11) is -0.806. The van der Waals surface area contributed by atoms with Crippen LogP contribution in [-0.2, 0) is 21.4 Å². The predicted octanol–water partition coefficient (Wildman–Crippen LogP) is 3.67. The van der Waals surface area contributed by atoms with Crippen LogP contribution in [0.5, 0.6) is 0 Å². The van der Waals surface area contributed by atoms with Crippen molar-refractivity contribution < 1.29 is 17.6 Å². The smallest absolute Gasteiger partial charge is 0.242 e. The van der Waals surface area contributed by atoms with Crippen molar-refractivity contribution in [3.05, 3.63) is 54.0 Å². The second-order valence-electron chi connectivity index (χ2n) is 6.86. The van der Waals surface area contributed by atoms with E-state index in [0.29, 0.717) is 23.3 Å². The molecule has 3 aromatic rings. The molecule has 9 nitrogen and oxygen atoms in total. The van der Waals surface area contributed by atoms with Gasteiger partial charge in [0.2, 0.25) is 15.9 Å². The first kappa shape index (κ1) is 24.1. The van der Waals surface area contributed by atoms with Gasteiger partial charge in [-0.25, -0.2) is 12.7 Å². The molecule has 1 N–H and O–H groups in total. The van der Waals surface area contributed by atoms with E-state index < -0.39 is 10.0 Å². The molecule has 0 bridgehead atoms. The number of allylic oxidation sites excluding steroid dienone is 1. The molecule has 0 radical (unpaired) electrons. The summed E-state index contributed by atoms with van der Waals surface area (Å²) < 4.78 is 33.0. The lowest BCUT2D eigenvalue weighted by Crippen LogP contribution is -2.22. The third-order valence-electron chi connectivity index (χ3n) is 4.45. The fourth-order valence-electron chi connectivity index (χ4n) is 2.79. The number of anilines is 1. The Bertz CT molecular complexity index is 1250. The van der Waals surface area contributed by atoms with Crippen LogP contribution in [0.2, 0.25) is 5.02 Å². The molecule has 1 aromatic carbocycles. The van der Waals surface area contributed by atoms with E-state index in [2.05, 4.69) is 22.1 Å². The van der Waals surface area contributed by atoms with Crippen molar-refractivity contribution in [2.24, 2.45) is 0 Å². The molecular formula is C20H22ClN5O4S2. The van der Waals surface area contributed by atoms with Crippen LogP contribution in [0.25, 0.3) is 11.4 Å². The molecule has 170 valence electrons. The number of amides is 1. The molecule has 0 saturated carbocycles. The molecule has 0 aliphatic rings. The minimum absolute atomic E-state index is 0.0145. The lowest BCUT2D eigenvalue weighted by Gasteiger charge is -2.14. The van der Waals surface area contributed by atoms with Crippen LogP contribution in [-0.4, -0.2) is 53.2 Å². The van der Waals surface area contributed by atoms with Gasteiger partial charge in [0.05, 0.1) is 33.2 Å². The molecule has 0 saturated heterocycles. The molecule has 3 rings (SSSR count). The zero-order valence-corrected chi connectivity index (χ0v) is 20.1. The van der Waals surface area contributed by atoms with E-state index in [4.69, 9.17) is 16.0 Å². The number of nitrogens with one attached hydrogen (secondary N) is 1. The van der Waals surface area contributed by atoms with Crippen LogP contribution in [0, 0.1) is 6.92 Å². The number of halogens is 1. The van der Waals surface area contributed by atoms with E-state index >= 15 is 0 Å². The lowest BCUT2D eigenvalue weighted by molar-refractivity contribution is -0.113. The van der Waals surface area contributed by atoms with Crippen molar-refractivity contribution in [1.29, 1.82) is 0 Å². The molecule has 0 atom stereocenters. The van der Waals surface area contributed by atoms with Crippen molar-refractivity contribution >= 4 is 45.0 Å². The summed E-state index contributed by atoms with van der Waals surface area (Å²) in [6, 6.07) is 5.96. The Labute approximate surface area is 195 Å². The molecule has 0 unspecified atom stereocenters. The van der Waals surface area contributed by atoms with Gasteiger partial charge in [-0.3, -0.25) is 9.36 Å². The Morgan fingerprint density at radius 1 is 1.34 bits per heavy atom. The number of aryl methyl sites for hydroxylation is 1. The summed E-state index contributed by atoms with van der Waals surface area (Å²) in [6.45, 7) is 6.05. The first-order valence-electron chi connectivity index (χ1n) is 9.38. The average molecular weight is 496 g/mol. The highest BCUT2D eigenvalue weighted by Crippen LogP contribution is 2.29. The van der Waals surface area contributed by atoms with E-state index in [0.717, 1.165) is 9.87 Å². The second kappa shape index (κ2) is 9.90. The average Bonchev–Trinajstić information content (AvgIpc) is 3.33. The highest BCUT2D eigenvalue weighted by Gasteiger charge is 2.20. The van der Waals surface area contributed by atoms with Crippen LogP contribution in [0.4, 0.5) is 5.69 Å². The van der Waals surface area contributed by atoms with Crippen LogP contribution in [0.15, 0.2) is 57.7 Å². The fraction of sp³-hybridized carbons (Fsp3) is 0.250. The number of furan rings is 1. The van der Waals surface area contributed by atoms with Gasteiger partial charge in [0.25, 0.3) is 0 Å². The van der Waals surface area contributed by atoms with E-state index in [1.807, 2.05) is 11.5 Å². The maximum Gasteiger partial charge on any atom is 0.242 e. The van der Waals surface area contributed by atoms with Gasteiger partial charge < -0.3 is 9.73 Å². The number of hydrogen-bond acceptors (Lipinski definition) is 7.